The molecule has 246 valence electrons. The Morgan fingerprint density at radius 3 is 2.44 bits per heavy atom. The van der Waals surface area contributed by atoms with Crippen molar-refractivity contribution in [1.82, 2.24) is 24.7 Å². The van der Waals surface area contributed by atoms with Gasteiger partial charge in [-0.3, -0.25) is 20.4 Å². The van der Waals surface area contributed by atoms with Crippen molar-refractivity contribution in [2.75, 3.05) is 51.4 Å². The second-order valence-electron chi connectivity index (χ2n) is 12.3. The lowest BCUT2D eigenvalue weighted by Crippen LogP contribution is -2.47. The molecule has 0 aliphatic carbocycles. The molecule has 13 nitrogen and oxygen atoms in total. The number of sulfone groups is 1. The van der Waals surface area contributed by atoms with Crippen molar-refractivity contribution in [2.45, 2.75) is 62.3 Å². The molecule has 4 heterocycles. The van der Waals surface area contributed by atoms with Crippen LogP contribution in [0.15, 0.2) is 24.3 Å². The van der Waals surface area contributed by atoms with Crippen LogP contribution in [0.1, 0.15) is 56.8 Å². The van der Waals surface area contributed by atoms with Crippen LogP contribution in [0, 0.1) is 11.3 Å². The summed E-state index contributed by atoms with van der Waals surface area (Å²) < 4.78 is 29.4. The highest BCUT2D eigenvalue weighted by Gasteiger charge is 2.43. The summed E-state index contributed by atoms with van der Waals surface area (Å²) in [5.41, 5.74) is 7.65. The number of piperidine rings is 1. The number of guanidine groups is 1. The molecule has 5 rings (SSSR count). The molecule has 0 spiro atoms. The van der Waals surface area contributed by atoms with Crippen molar-refractivity contribution in [1.29, 1.82) is 5.41 Å². The summed E-state index contributed by atoms with van der Waals surface area (Å²) in [5.74, 6) is 0.490. The summed E-state index contributed by atoms with van der Waals surface area (Å²) >= 11 is 6.67. The van der Waals surface area contributed by atoms with Crippen molar-refractivity contribution in [3.05, 3.63) is 35.2 Å². The first-order chi connectivity index (χ1) is 21.4. The summed E-state index contributed by atoms with van der Waals surface area (Å²) in [7, 11) is -1.83. The lowest BCUT2D eigenvalue weighted by molar-refractivity contribution is -0.138. The lowest BCUT2D eigenvalue weighted by Gasteiger charge is -2.35. The predicted molar refractivity (Wildman–Crippen MR) is 173 cm³/mol. The SMILES string of the molecule is COC(=O)Nc1ccc(-c2[nH]c(C3CC(N4CCCCC(S(C)(=O)=O)CC4)CN3C(=O)C3CCN(C(=N)N)CC3)nc2Cl)cc1. The molecule has 3 atom stereocenters. The van der Waals surface area contributed by atoms with Crippen molar-refractivity contribution >= 4 is 45.1 Å². The standard InChI is InChI=1S/C30H43ClN8O5S/c1-44-30(41)34-21-8-6-19(7-9-21)25-26(31)36-27(35-25)24-17-22(37-13-4-3-5-23(12-16-37)45(2,42)43)18-39(24)28(40)20-10-14-38(15-11-20)29(32)33/h6-9,20,22-24H,3-5,10-18H2,1-2H3,(H3,32,33)(H,34,41)(H,35,36). The van der Waals surface area contributed by atoms with Gasteiger partial charge in [0.05, 0.1) is 24.1 Å². The Labute approximate surface area is 269 Å². The fourth-order valence-electron chi connectivity index (χ4n) is 6.84. The van der Waals surface area contributed by atoms with E-state index in [1.54, 1.807) is 17.0 Å². The Morgan fingerprint density at radius 1 is 1.09 bits per heavy atom. The van der Waals surface area contributed by atoms with Crippen LogP contribution in [0.2, 0.25) is 5.15 Å². The maximum Gasteiger partial charge on any atom is 0.411 e. The zero-order valence-electron chi connectivity index (χ0n) is 25.8. The monoisotopic (exact) mass is 662 g/mol. The molecule has 2 amide bonds. The quantitative estimate of drug-likeness (QED) is 0.266. The van der Waals surface area contributed by atoms with Crippen LogP contribution in [-0.2, 0) is 19.4 Å². The number of likely N-dealkylation sites (tertiary alicyclic amines) is 3. The zero-order valence-corrected chi connectivity index (χ0v) is 27.4. The van der Waals surface area contributed by atoms with E-state index in [-0.39, 0.29) is 40.3 Å². The third-order valence-electron chi connectivity index (χ3n) is 9.43. The van der Waals surface area contributed by atoms with Crippen molar-refractivity contribution in [3.63, 3.8) is 0 Å². The topological polar surface area (TPSA) is 178 Å². The van der Waals surface area contributed by atoms with E-state index < -0.39 is 15.9 Å². The number of hydrogen-bond donors (Lipinski definition) is 4. The number of benzene rings is 1. The molecule has 15 heteroatoms. The maximum absolute atomic E-state index is 14.1. The van der Waals surface area contributed by atoms with E-state index in [9.17, 15) is 18.0 Å². The van der Waals surface area contributed by atoms with E-state index in [4.69, 9.17) is 27.7 Å². The van der Waals surface area contributed by atoms with E-state index in [1.807, 2.05) is 17.0 Å². The Bertz CT molecular complexity index is 1490. The van der Waals surface area contributed by atoms with Gasteiger partial charge in [-0.05, 0) is 63.7 Å². The molecule has 5 N–H and O–H groups in total. The fraction of sp³-hybridized carbons (Fsp3) is 0.600. The van der Waals surface area contributed by atoms with E-state index in [0.717, 1.165) is 24.9 Å². The minimum Gasteiger partial charge on any atom is -0.453 e. The summed E-state index contributed by atoms with van der Waals surface area (Å²) in [4.78, 5) is 39.8. The van der Waals surface area contributed by atoms with E-state index in [1.165, 1.54) is 13.4 Å². The van der Waals surface area contributed by atoms with E-state index >= 15 is 0 Å². The second kappa shape index (κ2) is 14.0. The normalized spacial score (nSPS) is 23.8. The Kier molecular flexibility index (Phi) is 10.2. The number of nitrogens with one attached hydrogen (secondary N) is 3. The molecule has 3 aliphatic rings. The van der Waals surface area contributed by atoms with Crippen LogP contribution in [0.5, 0.6) is 0 Å². The fourth-order valence-corrected chi connectivity index (χ4v) is 8.21. The molecule has 3 unspecified atom stereocenters. The molecule has 3 fully saturated rings. The Balaban J connectivity index is 1.39. The van der Waals surface area contributed by atoms with Gasteiger partial charge in [0.25, 0.3) is 0 Å². The lowest BCUT2D eigenvalue weighted by atomic mass is 9.95. The van der Waals surface area contributed by atoms with Crippen molar-refractivity contribution in [3.8, 4) is 11.3 Å². The molecular formula is C30H43ClN8O5S. The van der Waals surface area contributed by atoms with Crippen LogP contribution in [0.25, 0.3) is 11.3 Å². The number of rotatable bonds is 6. The van der Waals surface area contributed by atoms with E-state index in [2.05, 4.69) is 19.9 Å². The number of carbonyl (C=O) groups excluding carboxylic acids is 2. The number of nitrogens with zero attached hydrogens (tertiary/aromatic N) is 4. The van der Waals surface area contributed by atoms with Gasteiger partial charge in [-0.25, -0.2) is 18.2 Å². The number of aromatic nitrogens is 2. The highest BCUT2D eigenvalue weighted by molar-refractivity contribution is 7.91. The molecule has 1 aromatic carbocycles. The maximum atomic E-state index is 14.1. The van der Waals surface area contributed by atoms with Gasteiger partial charge >= 0.3 is 6.09 Å². The number of nitrogens with two attached hydrogens (primary N) is 1. The number of halogens is 1. The minimum atomic E-state index is -3.13. The van der Waals surface area contributed by atoms with Crippen LogP contribution in [0.4, 0.5) is 10.5 Å². The van der Waals surface area contributed by atoms with Gasteiger partial charge in [-0.2, -0.15) is 0 Å². The highest BCUT2D eigenvalue weighted by Crippen LogP contribution is 2.39. The third kappa shape index (κ3) is 7.72. The number of imidazole rings is 1. The number of methoxy groups -OCH3 is 1. The second-order valence-corrected chi connectivity index (χ2v) is 15.0. The molecule has 3 aliphatic heterocycles. The van der Waals surface area contributed by atoms with Gasteiger partial charge in [-0.15, -0.1) is 0 Å². The van der Waals surface area contributed by atoms with Crippen LogP contribution in [0.3, 0.4) is 0 Å². The summed E-state index contributed by atoms with van der Waals surface area (Å²) in [6.45, 7) is 3.14. The van der Waals surface area contributed by atoms with Crippen molar-refractivity contribution in [2.24, 2.45) is 11.7 Å². The number of ether oxygens (including phenoxy) is 1. The summed E-state index contributed by atoms with van der Waals surface area (Å²) in [6, 6.07) is 6.82. The molecule has 1 aromatic heterocycles. The van der Waals surface area contributed by atoms with Gasteiger partial charge in [0, 0.05) is 49.1 Å². The molecule has 0 bridgehead atoms. The first-order valence-corrected chi connectivity index (χ1v) is 17.8. The molecular weight excluding hydrogens is 620 g/mol. The van der Waals surface area contributed by atoms with E-state index in [0.29, 0.717) is 75.5 Å². The number of anilines is 1. The first-order valence-electron chi connectivity index (χ1n) is 15.5. The van der Waals surface area contributed by atoms with Crippen LogP contribution in [-0.4, -0.2) is 108 Å². The Hall–Kier alpha value is -3.36. The van der Waals surface area contributed by atoms with Gasteiger partial charge in [0.15, 0.2) is 11.1 Å². The summed E-state index contributed by atoms with van der Waals surface area (Å²) in [5, 5.41) is 10.3. The average molecular weight is 663 g/mol. The molecule has 0 saturated carbocycles. The Morgan fingerprint density at radius 2 is 1.80 bits per heavy atom. The average Bonchev–Trinajstić information content (AvgIpc) is 3.60. The number of carbonyl (C=O) groups is 2. The number of H-pyrrole nitrogens is 1. The zero-order chi connectivity index (χ0) is 32.3. The van der Waals surface area contributed by atoms with Crippen molar-refractivity contribution < 1.29 is 22.7 Å². The number of hydrogen-bond acceptors (Lipinski definition) is 8. The van der Waals surface area contributed by atoms with Gasteiger partial charge in [-0.1, -0.05) is 30.2 Å². The summed E-state index contributed by atoms with van der Waals surface area (Å²) in [6.07, 6.45) is 5.66. The third-order valence-corrected chi connectivity index (χ3v) is 11.4. The van der Waals surface area contributed by atoms with Crippen LogP contribution < -0.4 is 11.1 Å². The molecule has 3 saturated heterocycles. The number of aromatic amines is 1. The van der Waals surface area contributed by atoms with Gasteiger partial charge in [0.1, 0.15) is 15.7 Å². The molecule has 45 heavy (non-hydrogen) atoms. The predicted octanol–water partition coefficient (Wildman–Crippen LogP) is 3.45. The highest BCUT2D eigenvalue weighted by atomic mass is 35.5. The van der Waals surface area contributed by atoms with Gasteiger partial charge in [0.2, 0.25) is 5.91 Å². The largest absolute Gasteiger partial charge is 0.453 e. The minimum absolute atomic E-state index is 0.0244. The van der Waals surface area contributed by atoms with Crippen LogP contribution >= 0.6 is 11.6 Å². The number of amides is 2. The molecule has 0 radical (unpaired) electrons. The molecule has 2 aromatic rings. The first kappa shape index (κ1) is 33.0. The van der Waals surface area contributed by atoms with Gasteiger partial charge < -0.3 is 25.3 Å². The smallest absolute Gasteiger partial charge is 0.411 e.